The Kier molecular flexibility index (Phi) is 3.12. The molecule has 1 aliphatic rings. The maximum atomic E-state index is 13.2. The van der Waals surface area contributed by atoms with Crippen molar-refractivity contribution >= 4 is 5.69 Å². The zero-order valence-electron chi connectivity index (χ0n) is 8.48. The molecule has 0 atom stereocenters. The molecule has 0 radical (unpaired) electrons. The van der Waals surface area contributed by atoms with E-state index in [4.69, 9.17) is 4.74 Å². The van der Waals surface area contributed by atoms with Crippen LogP contribution in [0.3, 0.4) is 0 Å². The van der Waals surface area contributed by atoms with Gasteiger partial charge in [-0.1, -0.05) is 0 Å². The Morgan fingerprint density at radius 2 is 2.31 bits per heavy atom. The molecule has 0 amide bonds. The van der Waals surface area contributed by atoms with Gasteiger partial charge in [0, 0.05) is 19.2 Å². The molecule has 0 aromatic heterocycles. The number of hydrogen-bond acceptors (Lipinski definition) is 4. The number of halogens is 1. The van der Waals surface area contributed by atoms with E-state index < -0.39 is 16.4 Å². The van der Waals surface area contributed by atoms with E-state index in [1.54, 1.807) is 0 Å². The Morgan fingerprint density at radius 1 is 1.56 bits per heavy atom. The highest BCUT2D eigenvalue weighted by atomic mass is 19.1. The summed E-state index contributed by atoms with van der Waals surface area (Å²) in [4.78, 5) is 9.64. The summed E-state index contributed by atoms with van der Waals surface area (Å²) in [5.74, 6) is -0.821. The fourth-order valence-electron chi connectivity index (χ4n) is 1.38. The zero-order valence-corrected chi connectivity index (χ0v) is 8.48. The van der Waals surface area contributed by atoms with Crippen molar-refractivity contribution in [2.45, 2.75) is 12.7 Å². The van der Waals surface area contributed by atoms with Crippen LogP contribution >= 0.6 is 0 Å². The highest BCUT2D eigenvalue weighted by molar-refractivity contribution is 5.34. The van der Waals surface area contributed by atoms with Crippen LogP contribution in [-0.2, 0) is 11.3 Å². The molecular weight excluding hydrogens is 215 g/mol. The predicted molar refractivity (Wildman–Crippen MR) is 54.5 cm³/mol. The normalized spacial score (nSPS) is 15.8. The molecule has 1 heterocycles. The Morgan fingerprint density at radius 3 is 2.81 bits per heavy atom. The molecule has 86 valence electrons. The van der Waals surface area contributed by atoms with E-state index in [0.717, 1.165) is 25.2 Å². The van der Waals surface area contributed by atoms with Gasteiger partial charge in [0.25, 0.3) is 0 Å². The largest absolute Gasteiger partial charge is 0.371 e. The molecule has 0 unspecified atom stereocenters. The van der Waals surface area contributed by atoms with E-state index in [2.05, 4.69) is 5.32 Å². The van der Waals surface area contributed by atoms with Gasteiger partial charge in [0.1, 0.15) is 0 Å². The molecule has 0 spiro atoms. The van der Waals surface area contributed by atoms with Crippen LogP contribution in [0.25, 0.3) is 0 Å². The minimum absolute atomic E-state index is 0.165. The van der Waals surface area contributed by atoms with Crippen molar-refractivity contribution in [3.8, 4) is 0 Å². The van der Waals surface area contributed by atoms with Crippen LogP contribution in [0.5, 0.6) is 0 Å². The maximum Gasteiger partial charge on any atom is 0.304 e. The van der Waals surface area contributed by atoms with E-state index in [-0.39, 0.29) is 12.7 Å². The molecule has 1 aliphatic heterocycles. The SMILES string of the molecule is O=[N+]([O-])c1ccc(COC2CNC2)cc1F. The van der Waals surface area contributed by atoms with Crippen molar-refractivity contribution in [1.29, 1.82) is 0 Å². The Labute approximate surface area is 91.4 Å². The summed E-state index contributed by atoms with van der Waals surface area (Å²) in [6, 6.07) is 3.81. The molecular formula is C10H11FN2O3. The minimum Gasteiger partial charge on any atom is -0.371 e. The first-order valence-electron chi connectivity index (χ1n) is 4.92. The molecule has 6 heteroatoms. The maximum absolute atomic E-state index is 13.2. The van der Waals surface area contributed by atoms with E-state index in [1.165, 1.54) is 6.07 Å². The van der Waals surface area contributed by atoms with Gasteiger partial charge in [0.2, 0.25) is 5.82 Å². The molecule has 0 aliphatic carbocycles. The number of rotatable bonds is 4. The van der Waals surface area contributed by atoms with Crippen LogP contribution in [0.1, 0.15) is 5.56 Å². The van der Waals surface area contributed by atoms with E-state index in [0.29, 0.717) is 5.56 Å². The summed E-state index contributed by atoms with van der Waals surface area (Å²) in [5, 5.41) is 13.4. The van der Waals surface area contributed by atoms with Crippen molar-refractivity contribution in [1.82, 2.24) is 5.32 Å². The molecule has 2 rings (SSSR count). The molecule has 0 bridgehead atoms. The summed E-state index contributed by atoms with van der Waals surface area (Å²) in [7, 11) is 0. The van der Waals surface area contributed by atoms with Crippen LogP contribution in [-0.4, -0.2) is 24.1 Å². The Hall–Kier alpha value is -1.53. The lowest BCUT2D eigenvalue weighted by Crippen LogP contribution is -2.48. The van der Waals surface area contributed by atoms with Gasteiger partial charge in [-0.25, -0.2) is 0 Å². The first-order valence-corrected chi connectivity index (χ1v) is 4.92. The molecule has 1 saturated heterocycles. The second-order valence-electron chi connectivity index (χ2n) is 3.63. The zero-order chi connectivity index (χ0) is 11.5. The van der Waals surface area contributed by atoms with Gasteiger partial charge in [0.05, 0.1) is 17.6 Å². The van der Waals surface area contributed by atoms with Crippen molar-refractivity contribution in [3.05, 3.63) is 39.7 Å². The number of nitro benzene ring substituents is 1. The van der Waals surface area contributed by atoms with Gasteiger partial charge in [-0.2, -0.15) is 4.39 Å². The number of hydrogen-bond donors (Lipinski definition) is 1. The lowest BCUT2D eigenvalue weighted by Gasteiger charge is -2.27. The van der Waals surface area contributed by atoms with Gasteiger partial charge in [-0.05, 0) is 17.7 Å². The smallest absolute Gasteiger partial charge is 0.304 e. The fraction of sp³-hybridized carbons (Fsp3) is 0.400. The molecule has 1 aromatic carbocycles. The van der Waals surface area contributed by atoms with Crippen LogP contribution < -0.4 is 5.32 Å². The quantitative estimate of drug-likeness (QED) is 0.619. The third-order valence-corrected chi connectivity index (χ3v) is 2.44. The third-order valence-electron chi connectivity index (χ3n) is 2.44. The summed E-state index contributed by atoms with van der Waals surface area (Å²) >= 11 is 0. The monoisotopic (exact) mass is 226 g/mol. The van der Waals surface area contributed by atoms with Crippen LogP contribution in [0.4, 0.5) is 10.1 Å². The molecule has 1 aromatic rings. The van der Waals surface area contributed by atoms with Crippen LogP contribution in [0.2, 0.25) is 0 Å². The molecule has 16 heavy (non-hydrogen) atoms. The predicted octanol–water partition coefficient (Wildman–Crippen LogP) is 1.22. The lowest BCUT2D eigenvalue weighted by molar-refractivity contribution is -0.387. The van der Waals surface area contributed by atoms with Crippen molar-refractivity contribution in [3.63, 3.8) is 0 Å². The summed E-state index contributed by atoms with van der Waals surface area (Å²) in [5.41, 5.74) is 0.101. The highest BCUT2D eigenvalue weighted by Crippen LogP contribution is 2.18. The summed E-state index contributed by atoms with van der Waals surface area (Å²) < 4.78 is 18.6. The van der Waals surface area contributed by atoms with Gasteiger partial charge in [-0.3, -0.25) is 10.1 Å². The second kappa shape index (κ2) is 4.54. The summed E-state index contributed by atoms with van der Waals surface area (Å²) in [6.45, 7) is 1.88. The van der Waals surface area contributed by atoms with E-state index in [1.807, 2.05) is 0 Å². The first-order chi connectivity index (χ1) is 7.66. The van der Waals surface area contributed by atoms with Crippen molar-refractivity contribution < 1.29 is 14.1 Å². The van der Waals surface area contributed by atoms with Gasteiger partial charge < -0.3 is 10.1 Å². The number of nitrogens with one attached hydrogen (secondary N) is 1. The van der Waals surface area contributed by atoms with Gasteiger partial charge in [0.15, 0.2) is 0 Å². The number of ether oxygens (including phenoxy) is 1. The Bertz CT molecular complexity index is 407. The second-order valence-corrected chi connectivity index (χ2v) is 3.63. The topological polar surface area (TPSA) is 64.4 Å². The standard InChI is InChI=1S/C10H11FN2O3/c11-9-3-7(1-2-10(9)13(14)15)6-16-8-4-12-5-8/h1-3,8,12H,4-6H2. The molecule has 1 N–H and O–H groups in total. The lowest BCUT2D eigenvalue weighted by atomic mass is 10.2. The van der Waals surface area contributed by atoms with Crippen LogP contribution in [0.15, 0.2) is 18.2 Å². The first kappa shape index (κ1) is 11.0. The highest BCUT2D eigenvalue weighted by Gasteiger charge is 2.18. The number of nitrogens with zero attached hydrogens (tertiary/aromatic N) is 1. The number of benzene rings is 1. The third kappa shape index (κ3) is 2.34. The average molecular weight is 226 g/mol. The van der Waals surface area contributed by atoms with Gasteiger partial charge in [-0.15, -0.1) is 0 Å². The summed E-state index contributed by atoms with van der Waals surface area (Å²) in [6.07, 6.45) is 0.165. The molecule has 1 fully saturated rings. The van der Waals surface area contributed by atoms with E-state index in [9.17, 15) is 14.5 Å². The van der Waals surface area contributed by atoms with Gasteiger partial charge >= 0.3 is 5.69 Å². The fourth-order valence-corrected chi connectivity index (χ4v) is 1.38. The Balaban J connectivity index is 1.99. The number of nitro groups is 1. The molecule has 0 saturated carbocycles. The van der Waals surface area contributed by atoms with E-state index >= 15 is 0 Å². The minimum atomic E-state index is -0.821. The average Bonchev–Trinajstić information content (AvgIpc) is 2.14. The van der Waals surface area contributed by atoms with Crippen molar-refractivity contribution in [2.24, 2.45) is 0 Å². The molecule has 5 nitrogen and oxygen atoms in total. The van der Waals surface area contributed by atoms with Crippen LogP contribution in [0, 0.1) is 15.9 Å². The van der Waals surface area contributed by atoms with Crippen molar-refractivity contribution in [2.75, 3.05) is 13.1 Å².